The van der Waals surface area contributed by atoms with E-state index in [-0.39, 0.29) is 0 Å². The summed E-state index contributed by atoms with van der Waals surface area (Å²) in [6.07, 6.45) is 5.08. The quantitative estimate of drug-likeness (QED) is 0.594. The second kappa shape index (κ2) is 9.32. The molecule has 1 fully saturated rings. The molecule has 1 atom stereocenters. The number of benzene rings is 2. The van der Waals surface area contributed by atoms with Crippen LogP contribution in [0.3, 0.4) is 0 Å². The molecule has 1 aliphatic heterocycles. The molecule has 0 spiro atoms. The molecular weight excluding hydrogens is 420 g/mol. The van der Waals surface area contributed by atoms with Crippen LogP contribution in [-0.2, 0) is 26.0 Å². The van der Waals surface area contributed by atoms with E-state index < -0.39 is 22.0 Å². The summed E-state index contributed by atoms with van der Waals surface area (Å²) in [4.78, 5) is 20.9. The first-order valence-corrected chi connectivity index (χ1v) is 11.2. The lowest BCUT2D eigenvalue weighted by atomic mass is 10.0. The van der Waals surface area contributed by atoms with Gasteiger partial charge < -0.3 is 15.1 Å². The van der Waals surface area contributed by atoms with E-state index in [1.807, 2.05) is 36.5 Å². The number of fused-ring (bicyclic) bond motifs is 1. The molecule has 1 aromatic heterocycles. The van der Waals surface area contributed by atoms with Gasteiger partial charge in [-0.25, -0.2) is 22.0 Å². The number of aromatic nitrogens is 1. The van der Waals surface area contributed by atoms with Crippen LogP contribution in [0.15, 0.2) is 65.7 Å². The molecule has 8 nitrogen and oxygen atoms in total. The maximum absolute atomic E-state index is 13.1. The normalized spacial score (nSPS) is 16.6. The largest absolute Gasteiger partial charge is 0.473 e. The molecule has 9 heteroatoms. The lowest BCUT2D eigenvalue weighted by Crippen LogP contribution is -2.26. The maximum Gasteiger partial charge on any atom is 0.414 e. The predicted molar refractivity (Wildman–Crippen MR) is 116 cm³/mol. The summed E-state index contributed by atoms with van der Waals surface area (Å²) in [5, 5.41) is 15.8. The van der Waals surface area contributed by atoms with E-state index in [0.29, 0.717) is 10.9 Å². The molecule has 2 aromatic carbocycles. The number of hydrogen-bond acceptors (Lipinski definition) is 5. The van der Waals surface area contributed by atoms with Crippen molar-refractivity contribution < 1.29 is 28.2 Å². The SMILES string of the molecule is CN1CCC[C@@H]1Cc1cn(S(=O)(=O)c2ccccc2)c2ccccc12.O=C(O)C(=O)O. The molecule has 0 radical (unpaired) electrons. The maximum atomic E-state index is 13.1. The molecule has 4 rings (SSSR count). The van der Waals surface area contributed by atoms with Crippen molar-refractivity contribution in [3.05, 3.63) is 66.4 Å². The highest BCUT2D eigenvalue weighted by molar-refractivity contribution is 7.90. The minimum atomic E-state index is -3.59. The standard InChI is InChI=1S/C20H22N2O2S.C2H2O4/c1-21-13-7-8-17(21)14-16-15-22(20-12-6-5-11-19(16)20)25(23,24)18-9-3-2-4-10-18;3-1(4)2(5)6/h2-6,9-12,15,17H,7-8,13-14H2,1H3;(H,3,4)(H,5,6)/t17-;/m1./s1. The zero-order valence-electron chi connectivity index (χ0n) is 17.0. The van der Waals surface area contributed by atoms with Gasteiger partial charge in [0.2, 0.25) is 0 Å². The number of carboxylic acids is 2. The van der Waals surface area contributed by atoms with Crippen LogP contribution in [0.1, 0.15) is 18.4 Å². The number of aliphatic carboxylic acids is 2. The van der Waals surface area contributed by atoms with E-state index in [1.54, 1.807) is 24.3 Å². The molecule has 0 bridgehead atoms. The van der Waals surface area contributed by atoms with Crippen molar-refractivity contribution in [2.45, 2.75) is 30.2 Å². The fourth-order valence-electron chi connectivity index (χ4n) is 3.78. The number of likely N-dealkylation sites (N-methyl/N-ethyl adjacent to an activating group) is 1. The Balaban J connectivity index is 0.000000401. The van der Waals surface area contributed by atoms with Crippen LogP contribution in [0.5, 0.6) is 0 Å². The van der Waals surface area contributed by atoms with Crippen LogP contribution >= 0.6 is 0 Å². The lowest BCUT2D eigenvalue weighted by molar-refractivity contribution is -0.159. The van der Waals surface area contributed by atoms with E-state index in [0.717, 1.165) is 29.4 Å². The van der Waals surface area contributed by atoms with Gasteiger partial charge in [0.05, 0.1) is 10.4 Å². The van der Waals surface area contributed by atoms with E-state index in [1.165, 1.54) is 16.8 Å². The lowest BCUT2D eigenvalue weighted by Gasteiger charge is -2.18. The summed E-state index contributed by atoms with van der Waals surface area (Å²) in [6.45, 7) is 1.12. The summed E-state index contributed by atoms with van der Waals surface area (Å²) in [5.41, 5.74) is 1.86. The van der Waals surface area contributed by atoms with Crippen LogP contribution < -0.4 is 0 Å². The van der Waals surface area contributed by atoms with Crippen molar-refractivity contribution in [1.82, 2.24) is 8.87 Å². The van der Waals surface area contributed by atoms with Gasteiger partial charge in [0.15, 0.2) is 0 Å². The van der Waals surface area contributed by atoms with E-state index in [4.69, 9.17) is 19.8 Å². The summed E-state index contributed by atoms with van der Waals surface area (Å²) >= 11 is 0. The number of nitrogens with zero attached hydrogens (tertiary/aromatic N) is 2. The second-order valence-corrected chi connectivity index (χ2v) is 9.19. The topological polar surface area (TPSA) is 117 Å². The second-order valence-electron chi connectivity index (χ2n) is 7.38. The highest BCUT2D eigenvalue weighted by Crippen LogP contribution is 2.29. The Morgan fingerprint density at radius 1 is 1.00 bits per heavy atom. The third-order valence-corrected chi connectivity index (χ3v) is 7.06. The molecule has 0 aliphatic carbocycles. The molecule has 0 saturated carbocycles. The fourth-order valence-corrected chi connectivity index (χ4v) is 5.19. The summed E-state index contributed by atoms with van der Waals surface area (Å²) < 4.78 is 27.7. The first-order valence-electron chi connectivity index (χ1n) is 9.78. The number of likely N-dealkylation sites (tertiary alicyclic amines) is 1. The average molecular weight is 445 g/mol. The van der Waals surface area contributed by atoms with Gasteiger partial charge in [0.25, 0.3) is 10.0 Å². The van der Waals surface area contributed by atoms with Crippen molar-refractivity contribution in [3.8, 4) is 0 Å². The smallest absolute Gasteiger partial charge is 0.414 e. The summed E-state index contributed by atoms with van der Waals surface area (Å²) in [7, 11) is -1.44. The number of para-hydroxylation sites is 1. The molecule has 31 heavy (non-hydrogen) atoms. The minimum absolute atomic E-state index is 0.320. The molecular formula is C22H24N2O6S. The van der Waals surface area contributed by atoms with E-state index in [9.17, 15) is 8.42 Å². The Hall–Kier alpha value is -3.17. The predicted octanol–water partition coefficient (Wildman–Crippen LogP) is 2.67. The number of rotatable bonds is 4. The fraction of sp³-hybridized carbons (Fsp3) is 0.273. The monoisotopic (exact) mass is 444 g/mol. The zero-order chi connectivity index (χ0) is 22.6. The van der Waals surface area contributed by atoms with Crippen molar-refractivity contribution >= 4 is 32.9 Å². The highest BCUT2D eigenvalue weighted by Gasteiger charge is 2.25. The molecule has 2 N–H and O–H groups in total. The first-order chi connectivity index (χ1) is 14.7. The van der Waals surface area contributed by atoms with Gasteiger partial charge in [0, 0.05) is 17.6 Å². The molecule has 1 aliphatic rings. The van der Waals surface area contributed by atoms with Gasteiger partial charge in [-0.3, -0.25) is 0 Å². The minimum Gasteiger partial charge on any atom is -0.473 e. The molecule has 1 saturated heterocycles. The Morgan fingerprint density at radius 2 is 1.61 bits per heavy atom. The third-order valence-electron chi connectivity index (χ3n) is 5.37. The molecule has 3 aromatic rings. The summed E-state index contributed by atoms with van der Waals surface area (Å²) in [5.74, 6) is -3.65. The Kier molecular flexibility index (Phi) is 6.77. The van der Waals surface area contributed by atoms with Crippen LogP contribution in [0.4, 0.5) is 0 Å². The number of hydrogen-bond donors (Lipinski definition) is 2. The number of carboxylic acid groups (broad SMARTS) is 2. The van der Waals surface area contributed by atoms with E-state index >= 15 is 0 Å². The Labute approximate surface area is 180 Å². The Bertz CT molecular complexity index is 1180. The third kappa shape index (κ3) is 4.95. The Morgan fingerprint density at radius 3 is 2.19 bits per heavy atom. The molecule has 2 heterocycles. The van der Waals surface area contributed by atoms with Gasteiger partial charge in [0.1, 0.15) is 0 Å². The highest BCUT2D eigenvalue weighted by atomic mass is 32.2. The van der Waals surface area contributed by atoms with Crippen molar-refractivity contribution in [2.75, 3.05) is 13.6 Å². The van der Waals surface area contributed by atoms with Gasteiger partial charge in [-0.1, -0.05) is 36.4 Å². The number of carbonyl (C=O) groups is 2. The van der Waals surface area contributed by atoms with Gasteiger partial charge in [-0.2, -0.15) is 0 Å². The first kappa shape index (κ1) is 22.5. The molecule has 164 valence electrons. The molecule has 0 unspecified atom stereocenters. The van der Waals surface area contributed by atoms with Gasteiger partial charge in [-0.15, -0.1) is 0 Å². The van der Waals surface area contributed by atoms with Crippen LogP contribution in [0.25, 0.3) is 10.9 Å². The van der Waals surface area contributed by atoms with Crippen LogP contribution in [0.2, 0.25) is 0 Å². The van der Waals surface area contributed by atoms with Crippen LogP contribution in [0, 0.1) is 0 Å². The average Bonchev–Trinajstić information content (AvgIpc) is 3.33. The molecule has 0 amide bonds. The zero-order valence-corrected chi connectivity index (χ0v) is 17.8. The van der Waals surface area contributed by atoms with Gasteiger partial charge in [-0.05, 0) is 56.6 Å². The van der Waals surface area contributed by atoms with E-state index in [2.05, 4.69) is 11.9 Å². The van der Waals surface area contributed by atoms with Gasteiger partial charge >= 0.3 is 11.9 Å². The van der Waals surface area contributed by atoms with Crippen molar-refractivity contribution in [3.63, 3.8) is 0 Å². The van der Waals surface area contributed by atoms with Crippen molar-refractivity contribution in [1.29, 1.82) is 0 Å². The van der Waals surface area contributed by atoms with Crippen LogP contribution in [-0.4, -0.2) is 59.1 Å². The summed E-state index contributed by atoms with van der Waals surface area (Å²) in [6, 6.07) is 16.9. The van der Waals surface area contributed by atoms with Crippen molar-refractivity contribution in [2.24, 2.45) is 0 Å².